The van der Waals surface area contributed by atoms with Crippen molar-refractivity contribution in [2.75, 3.05) is 28.4 Å². The molecular formula is C36H80O6Ti2-2. The molecule has 0 aromatic heterocycles. The zero-order chi connectivity index (χ0) is 32.3. The summed E-state index contributed by atoms with van der Waals surface area (Å²) < 4.78 is 0. The Hall–Kier alpha value is 1.19. The third-order valence-corrected chi connectivity index (χ3v) is 11.9. The molecule has 4 aliphatic carbocycles. The molecule has 0 aliphatic heterocycles. The van der Waals surface area contributed by atoms with Gasteiger partial charge in [0.1, 0.15) is 0 Å². The van der Waals surface area contributed by atoms with Gasteiger partial charge in [-0.3, -0.25) is 0 Å². The summed E-state index contributed by atoms with van der Waals surface area (Å²) in [7, 11) is 4.00. The van der Waals surface area contributed by atoms with Crippen molar-refractivity contribution in [2.24, 2.45) is 71.0 Å². The van der Waals surface area contributed by atoms with Gasteiger partial charge in [0.05, 0.1) is 12.2 Å². The van der Waals surface area contributed by atoms with Gasteiger partial charge in [-0.15, -0.1) is 0 Å². The molecule has 6 nitrogen and oxygen atoms in total. The van der Waals surface area contributed by atoms with Gasteiger partial charge >= 0.3 is 0 Å². The van der Waals surface area contributed by atoms with Gasteiger partial charge < -0.3 is 45.5 Å². The van der Waals surface area contributed by atoms with Crippen molar-refractivity contribution < 1.29 is 74.1 Å². The SMILES string of the molecule is CC1C(C)C(C)C(C)C1C.CC1C(C)C(C)C(C)C1C.CO.CO.CO.CO.OC1CCCC2C(O)CCCC12.[CH3-].[CH3-].[Ti].[Ti]. The van der Waals surface area contributed by atoms with Crippen LogP contribution in [0.2, 0.25) is 0 Å². The van der Waals surface area contributed by atoms with Crippen LogP contribution in [0.3, 0.4) is 0 Å². The summed E-state index contributed by atoms with van der Waals surface area (Å²) in [6, 6.07) is 0. The Morgan fingerprint density at radius 3 is 0.591 bits per heavy atom. The predicted molar refractivity (Wildman–Crippen MR) is 184 cm³/mol. The zero-order valence-electron chi connectivity index (χ0n) is 32.0. The molecule has 44 heavy (non-hydrogen) atoms. The maximum absolute atomic E-state index is 9.71. The molecule has 270 valence electrons. The molecule has 4 saturated carbocycles. The first-order chi connectivity index (χ1) is 18.9. The minimum absolute atomic E-state index is 0. The van der Waals surface area contributed by atoms with Crippen LogP contribution in [0, 0.1) is 85.9 Å². The van der Waals surface area contributed by atoms with Gasteiger partial charge in [-0.2, -0.15) is 0 Å². The fraction of sp³-hybridized carbons (Fsp3) is 0.944. The van der Waals surface area contributed by atoms with Crippen molar-refractivity contribution >= 4 is 0 Å². The largest absolute Gasteiger partial charge is 0.400 e. The molecule has 4 atom stereocenters. The van der Waals surface area contributed by atoms with Gasteiger partial charge in [-0.05, 0) is 96.7 Å². The van der Waals surface area contributed by atoms with E-state index in [9.17, 15) is 10.2 Å². The van der Waals surface area contributed by atoms with Crippen LogP contribution in [0.4, 0.5) is 0 Å². The molecule has 6 N–H and O–H groups in total. The van der Waals surface area contributed by atoms with E-state index in [1.54, 1.807) is 0 Å². The summed E-state index contributed by atoms with van der Waals surface area (Å²) in [5.41, 5.74) is 0. The molecule has 4 aliphatic rings. The van der Waals surface area contributed by atoms with Gasteiger partial charge in [-0.25, -0.2) is 0 Å². The van der Waals surface area contributed by atoms with Crippen LogP contribution in [-0.2, 0) is 43.4 Å². The van der Waals surface area contributed by atoms with Crippen molar-refractivity contribution in [1.82, 2.24) is 0 Å². The maximum atomic E-state index is 9.71. The van der Waals surface area contributed by atoms with E-state index in [-0.39, 0.29) is 70.5 Å². The monoisotopic (exact) mass is 704 g/mol. The quantitative estimate of drug-likeness (QED) is 0.119. The van der Waals surface area contributed by atoms with Gasteiger partial charge in [0.25, 0.3) is 0 Å². The number of hydrogen-bond donors (Lipinski definition) is 6. The Labute approximate surface area is 306 Å². The van der Waals surface area contributed by atoms with Crippen LogP contribution >= 0.6 is 0 Å². The number of hydrogen-bond acceptors (Lipinski definition) is 6. The molecule has 0 spiro atoms. The average molecular weight is 705 g/mol. The van der Waals surface area contributed by atoms with Crippen molar-refractivity contribution in [3.8, 4) is 0 Å². The number of aliphatic hydroxyl groups is 6. The molecule has 0 aromatic carbocycles. The Balaban J connectivity index is -0.0000000806. The summed E-state index contributed by atoms with van der Waals surface area (Å²) in [6.07, 6.45) is 6.10. The van der Waals surface area contributed by atoms with Crippen molar-refractivity contribution in [2.45, 2.75) is 120 Å². The second kappa shape index (κ2) is 34.1. The molecular weight excluding hydrogens is 624 g/mol. The molecule has 0 radical (unpaired) electrons. The average Bonchev–Trinajstić information content (AvgIpc) is 3.28. The fourth-order valence-electron chi connectivity index (χ4n) is 7.73. The maximum Gasteiger partial charge on any atom is 0.0572 e. The van der Waals surface area contributed by atoms with Crippen LogP contribution in [0.25, 0.3) is 0 Å². The normalized spacial score (nSPS) is 39.0. The molecule has 0 heterocycles. The first-order valence-corrected chi connectivity index (χ1v) is 16.0. The Morgan fingerprint density at radius 2 is 0.455 bits per heavy atom. The van der Waals surface area contributed by atoms with Crippen LogP contribution < -0.4 is 0 Å². The minimum Gasteiger partial charge on any atom is -0.400 e. The van der Waals surface area contributed by atoms with Crippen LogP contribution in [0.5, 0.6) is 0 Å². The van der Waals surface area contributed by atoms with Gasteiger partial charge in [-0.1, -0.05) is 82.1 Å². The van der Waals surface area contributed by atoms with Gasteiger partial charge in [0.15, 0.2) is 0 Å². The van der Waals surface area contributed by atoms with E-state index >= 15 is 0 Å². The van der Waals surface area contributed by atoms with Crippen molar-refractivity contribution in [3.63, 3.8) is 0 Å². The standard InChI is InChI=1S/C10H18O2.2C10H20.4CH4O.2CH3.2Ti/c11-9-5-1-3-7-8(9)4-2-6-10(7)12;2*1-6-7(2)9(4)10(5)8(6)3;4*1-2;;;;/h7-12H,1-6H2;2*6-10H,1-5H3;4*2H,1H3;2*1H3;;/q;;;;;;;2*-1;;. The third-order valence-electron chi connectivity index (χ3n) is 11.9. The molecule has 8 heteroatoms. The first-order valence-electron chi connectivity index (χ1n) is 16.0. The summed E-state index contributed by atoms with van der Waals surface area (Å²) in [5, 5.41) is 47.4. The second-order valence-electron chi connectivity index (χ2n) is 12.9. The summed E-state index contributed by atoms with van der Waals surface area (Å²) >= 11 is 0. The summed E-state index contributed by atoms with van der Waals surface area (Å²) in [4.78, 5) is 0. The van der Waals surface area contributed by atoms with Crippen molar-refractivity contribution in [3.05, 3.63) is 14.9 Å². The molecule has 0 bridgehead atoms. The van der Waals surface area contributed by atoms with Crippen molar-refractivity contribution in [1.29, 1.82) is 0 Å². The van der Waals surface area contributed by atoms with E-state index in [0.717, 1.165) is 126 Å². The van der Waals surface area contributed by atoms with E-state index in [4.69, 9.17) is 20.4 Å². The Kier molecular flexibility index (Phi) is 46.8. The number of rotatable bonds is 0. The second-order valence-corrected chi connectivity index (χ2v) is 12.9. The molecule has 0 aromatic rings. The van der Waals surface area contributed by atoms with Crippen LogP contribution in [0.1, 0.15) is 108 Å². The smallest absolute Gasteiger partial charge is 0.0572 e. The van der Waals surface area contributed by atoms with E-state index in [2.05, 4.69) is 69.2 Å². The molecule has 4 rings (SSSR count). The number of aliphatic hydroxyl groups excluding tert-OH is 6. The third kappa shape index (κ3) is 18.1. The summed E-state index contributed by atoms with van der Waals surface area (Å²) in [6.45, 7) is 24.0. The van der Waals surface area contributed by atoms with Crippen LogP contribution in [-0.4, -0.2) is 71.3 Å². The van der Waals surface area contributed by atoms with E-state index in [0.29, 0.717) is 11.8 Å². The predicted octanol–water partition coefficient (Wildman–Crippen LogP) is 7.00. The Bertz CT molecular complexity index is 435. The molecule has 4 unspecified atom stereocenters. The first kappa shape index (κ1) is 60.5. The fourth-order valence-corrected chi connectivity index (χ4v) is 7.73. The zero-order valence-corrected chi connectivity index (χ0v) is 35.1. The minimum atomic E-state index is -0.126. The molecule has 0 saturated heterocycles. The Morgan fingerprint density at radius 1 is 0.318 bits per heavy atom. The molecule has 0 amide bonds. The van der Waals surface area contributed by atoms with E-state index in [1.807, 2.05) is 0 Å². The van der Waals surface area contributed by atoms with Crippen LogP contribution in [0.15, 0.2) is 0 Å². The van der Waals surface area contributed by atoms with Gasteiger partial charge in [0.2, 0.25) is 0 Å². The van der Waals surface area contributed by atoms with E-state index < -0.39 is 0 Å². The topological polar surface area (TPSA) is 121 Å². The number of fused-ring (bicyclic) bond motifs is 1. The van der Waals surface area contributed by atoms with E-state index in [1.165, 1.54) is 0 Å². The summed E-state index contributed by atoms with van der Waals surface area (Å²) in [5.74, 6) is 10.2. The van der Waals surface area contributed by atoms with Gasteiger partial charge in [0, 0.05) is 71.9 Å². The molecule has 4 fully saturated rings.